The van der Waals surface area contributed by atoms with Gasteiger partial charge in [-0.05, 0) is 55.1 Å². The third-order valence-electron chi connectivity index (χ3n) is 6.76. The zero-order valence-corrected chi connectivity index (χ0v) is 23.6. The largest absolute Gasteiger partial charge is 0.279 e. The summed E-state index contributed by atoms with van der Waals surface area (Å²) in [5.74, 6) is 0.0386. The van der Waals surface area contributed by atoms with Crippen molar-refractivity contribution in [2.45, 2.75) is 121 Å². The van der Waals surface area contributed by atoms with Gasteiger partial charge in [0.25, 0.3) is 0 Å². The van der Waals surface area contributed by atoms with Crippen molar-refractivity contribution in [2.24, 2.45) is 0 Å². The van der Waals surface area contributed by atoms with Crippen molar-refractivity contribution in [3.63, 3.8) is 0 Å². The predicted molar refractivity (Wildman–Crippen MR) is 137 cm³/mol. The Morgan fingerprint density at radius 2 is 0.655 bits per heavy atom. The first-order chi connectivity index (χ1) is 13.9. The highest BCUT2D eigenvalue weighted by atomic mass is 28.1. The molecule has 0 unspecified atom stereocenters. The summed E-state index contributed by atoms with van der Waals surface area (Å²) in [6, 6.07) is 1.50. The summed E-state index contributed by atoms with van der Waals surface area (Å²) in [4.78, 5) is 7.09. The maximum absolute atomic E-state index is 2.36. The fourth-order valence-electron chi connectivity index (χ4n) is 4.96. The smallest absolute Gasteiger partial charge is 0.129 e. The quantitative estimate of drug-likeness (QED) is 0.131. The van der Waals surface area contributed by atoms with E-state index >= 15 is 0 Å². The maximum Gasteiger partial charge on any atom is 0.129 e. The average Bonchev–Trinajstić information content (AvgIpc) is 2.66. The van der Waals surface area contributed by atoms with Gasteiger partial charge in [-0.3, -0.25) is 14.7 Å². The van der Waals surface area contributed by atoms with E-state index < -0.39 is 0 Å². The molecule has 0 amide bonds. The zero-order chi connectivity index (χ0) is 22.0. The molecule has 0 radical (unpaired) electrons. The molecular formula is C25H57N3Si. The Morgan fingerprint density at radius 1 is 0.414 bits per heavy atom. The van der Waals surface area contributed by atoms with E-state index in [-0.39, 0.29) is 5.79 Å². The van der Waals surface area contributed by atoms with Crippen LogP contribution in [0.1, 0.15) is 109 Å². The highest BCUT2D eigenvalue weighted by molar-refractivity contribution is 6.08. The van der Waals surface area contributed by atoms with Crippen LogP contribution in [0.15, 0.2) is 0 Å². The van der Waals surface area contributed by atoms with Gasteiger partial charge in [-0.15, -0.1) is 0 Å². The lowest BCUT2D eigenvalue weighted by Gasteiger charge is -2.50. The van der Waals surface area contributed by atoms with Crippen molar-refractivity contribution in [3.05, 3.63) is 0 Å². The molecule has 0 aliphatic carbocycles. The van der Waals surface area contributed by atoms with Gasteiger partial charge >= 0.3 is 0 Å². The van der Waals surface area contributed by atoms with E-state index in [1.54, 1.807) is 0 Å². The second-order valence-electron chi connectivity index (χ2n) is 9.86. The summed E-state index contributed by atoms with van der Waals surface area (Å²) in [5.41, 5.74) is 0. The molecule has 0 aromatic rings. The number of rotatable bonds is 21. The molecule has 0 atom stereocenters. The van der Waals surface area contributed by atoms with Gasteiger partial charge in [0.2, 0.25) is 0 Å². The van der Waals surface area contributed by atoms with Crippen molar-refractivity contribution in [2.75, 3.05) is 42.3 Å². The lowest BCUT2D eigenvalue weighted by Crippen LogP contribution is -2.63. The molecule has 0 spiro atoms. The summed E-state index contributed by atoms with van der Waals surface area (Å²) in [5, 5.41) is 0. The first kappa shape index (κ1) is 29.1. The number of nitrogens with zero attached hydrogens (tertiary/aromatic N) is 3. The van der Waals surface area contributed by atoms with Crippen molar-refractivity contribution in [1.82, 2.24) is 14.7 Å². The summed E-state index contributed by atoms with van der Waals surface area (Å²) in [6.45, 7) is 0. The third-order valence-corrected chi connectivity index (χ3v) is 7.47. The summed E-state index contributed by atoms with van der Waals surface area (Å²) >= 11 is 0. The Bertz CT molecular complexity index is 323. The molecule has 0 aliphatic heterocycles. The van der Waals surface area contributed by atoms with Crippen molar-refractivity contribution >= 4 is 10.2 Å². The Balaban J connectivity index is 3.51. The summed E-state index contributed by atoms with van der Waals surface area (Å²) in [6.07, 6.45) is 24.4. The normalized spacial score (nSPS) is 12.7. The fraction of sp³-hybridized carbons (Fsp3) is 1.00. The maximum atomic E-state index is 2.36. The third kappa shape index (κ3) is 13.2. The number of hydrogen-bond acceptors (Lipinski definition) is 3. The predicted octanol–water partition coefficient (Wildman–Crippen LogP) is 5.74. The van der Waals surface area contributed by atoms with Gasteiger partial charge < -0.3 is 0 Å². The molecule has 0 aliphatic rings. The standard InChI is InChI=1S/C25H57N3Si/c1-26(2)25(27(3)4,28(5)6)23-21-19-17-15-13-11-9-7-8-10-12-14-16-18-20-22-24-29/h7-24H2,1-6,29H3. The van der Waals surface area contributed by atoms with E-state index in [0.29, 0.717) is 0 Å². The van der Waals surface area contributed by atoms with E-state index in [9.17, 15) is 0 Å². The van der Waals surface area contributed by atoms with Crippen LogP contribution in [0.5, 0.6) is 0 Å². The van der Waals surface area contributed by atoms with E-state index in [4.69, 9.17) is 0 Å². The van der Waals surface area contributed by atoms with Gasteiger partial charge in [-0.25, -0.2) is 0 Å². The summed E-state index contributed by atoms with van der Waals surface area (Å²) in [7, 11) is 14.6. The molecule has 0 fully saturated rings. The van der Waals surface area contributed by atoms with Crippen LogP contribution in [0.4, 0.5) is 0 Å². The molecule has 3 nitrogen and oxygen atoms in total. The van der Waals surface area contributed by atoms with Crippen LogP contribution in [0.2, 0.25) is 6.04 Å². The molecular weight excluding hydrogens is 370 g/mol. The fourth-order valence-corrected chi connectivity index (χ4v) is 5.46. The molecule has 0 N–H and O–H groups in total. The topological polar surface area (TPSA) is 9.72 Å². The van der Waals surface area contributed by atoms with Crippen molar-refractivity contribution < 1.29 is 0 Å². The van der Waals surface area contributed by atoms with Gasteiger partial charge in [0.05, 0.1) is 0 Å². The monoisotopic (exact) mass is 427 g/mol. The number of unbranched alkanes of at least 4 members (excludes halogenated alkanes) is 15. The second-order valence-corrected chi connectivity index (χ2v) is 10.9. The van der Waals surface area contributed by atoms with Crippen LogP contribution in [-0.2, 0) is 0 Å². The molecule has 0 saturated carbocycles. The van der Waals surface area contributed by atoms with E-state index in [0.717, 1.165) is 0 Å². The molecule has 0 saturated heterocycles. The summed E-state index contributed by atoms with van der Waals surface area (Å²) < 4.78 is 0. The Labute approximate surface area is 188 Å². The minimum absolute atomic E-state index is 0.0386. The Hall–Kier alpha value is 0.0969. The second kappa shape index (κ2) is 18.8. The Morgan fingerprint density at radius 3 is 0.897 bits per heavy atom. The van der Waals surface area contributed by atoms with E-state index in [2.05, 4.69) is 57.0 Å². The van der Waals surface area contributed by atoms with Crippen LogP contribution in [-0.4, -0.2) is 73.0 Å². The average molecular weight is 428 g/mol. The van der Waals surface area contributed by atoms with Crippen LogP contribution in [0.25, 0.3) is 0 Å². The van der Waals surface area contributed by atoms with Crippen LogP contribution in [0, 0.1) is 0 Å². The molecule has 0 aromatic carbocycles. The molecule has 0 bridgehead atoms. The van der Waals surface area contributed by atoms with Crippen LogP contribution >= 0.6 is 0 Å². The molecule has 176 valence electrons. The van der Waals surface area contributed by atoms with E-state index in [1.165, 1.54) is 125 Å². The minimum Gasteiger partial charge on any atom is -0.279 e. The van der Waals surface area contributed by atoms with Gasteiger partial charge in [0.15, 0.2) is 0 Å². The first-order valence-corrected chi connectivity index (χ1v) is 14.3. The van der Waals surface area contributed by atoms with Gasteiger partial charge in [0, 0.05) is 10.2 Å². The lowest BCUT2D eigenvalue weighted by atomic mass is 10.0. The van der Waals surface area contributed by atoms with Crippen molar-refractivity contribution in [3.8, 4) is 0 Å². The highest BCUT2D eigenvalue weighted by Crippen LogP contribution is 2.26. The van der Waals surface area contributed by atoms with Gasteiger partial charge in [0.1, 0.15) is 5.79 Å². The minimum atomic E-state index is 0.0386. The highest BCUT2D eigenvalue weighted by Gasteiger charge is 2.36. The zero-order valence-electron chi connectivity index (χ0n) is 21.6. The SMILES string of the molecule is CN(C)C(CCCCCCCCCCCCCCCCCC[SiH3])(N(C)C)N(C)C. The molecule has 0 heterocycles. The number of hydrogen-bond donors (Lipinski definition) is 0. The van der Waals surface area contributed by atoms with Crippen molar-refractivity contribution in [1.29, 1.82) is 0 Å². The van der Waals surface area contributed by atoms with Gasteiger partial charge in [-0.1, -0.05) is 102 Å². The Kier molecular flexibility index (Phi) is 18.9. The molecule has 0 aromatic heterocycles. The van der Waals surface area contributed by atoms with Crippen LogP contribution in [0.3, 0.4) is 0 Å². The van der Waals surface area contributed by atoms with Gasteiger partial charge in [-0.2, -0.15) is 0 Å². The van der Waals surface area contributed by atoms with E-state index in [1.807, 2.05) is 0 Å². The lowest BCUT2D eigenvalue weighted by molar-refractivity contribution is -0.115. The molecule has 0 rings (SSSR count). The molecule has 4 heteroatoms. The first-order valence-electron chi connectivity index (χ1n) is 12.9. The molecule has 29 heavy (non-hydrogen) atoms. The van der Waals surface area contributed by atoms with Crippen LogP contribution < -0.4 is 0 Å².